The van der Waals surface area contributed by atoms with Gasteiger partial charge in [0.25, 0.3) is 5.91 Å². The third-order valence-corrected chi connectivity index (χ3v) is 4.46. The van der Waals surface area contributed by atoms with E-state index in [1.807, 2.05) is 4.90 Å². The minimum Gasteiger partial charge on any atom is -0.496 e. The van der Waals surface area contributed by atoms with Crippen LogP contribution in [0.15, 0.2) is 33.6 Å². The molecule has 0 N–H and O–H groups in total. The van der Waals surface area contributed by atoms with Crippen LogP contribution < -0.4 is 4.74 Å². The number of carbonyl (C=O) groups is 1. The van der Waals surface area contributed by atoms with Gasteiger partial charge in [-0.2, -0.15) is 4.98 Å². The van der Waals surface area contributed by atoms with Gasteiger partial charge in [-0.25, -0.2) is 0 Å². The SMILES string of the molecule is COc1ccc(C(=O)N2CCCCC2c2ncon2)cc1Br. The molecule has 0 saturated carbocycles. The Hall–Kier alpha value is -1.89. The smallest absolute Gasteiger partial charge is 0.254 e. The molecule has 1 unspecified atom stereocenters. The highest BCUT2D eigenvalue weighted by molar-refractivity contribution is 9.10. The summed E-state index contributed by atoms with van der Waals surface area (Å²) in [7, 11) is 1.60. The summed E-state index contributed by atoms with van der Waals surface area (Å²) < 4.78 is 10.8. The zero-order chi connectivity index (χ0) is 15.5. The number of ether oxygens (including phenoxy) is 1. The predicted molar refractivity (Wildman–Crippen MR) is 82.6 cm³/mol. The second-order valence-electron chi connectivity index (χ2n) is 5.15. The first-order valence-corrected chi connectivity index (χ1v) is 7.91. The predicted octanol–water partition coefficient (Wildman–Crippen LogP) is 3.21. The van der Waals surface area contributed by atoms with E-state index in [1.165, 1.54) is 6.39 Å². The molecule has 1 atom stereocenters. The third kappa shape index (κ3) is 2.85. The molecule has 2 aromatic rings. The molecular weight excluding hydrogens is 350 g/mol. The van der Waals surface area contributed by atoms with E-state index in [9.17, 15) is 4.79 Å². The summed E-state index contributed by atoms with van der Waals surface area (Å²) >= 11 is 3.42. The Balaban J connectivity index is 1.87. The first-order chi connectivity index (χ1) is 10.7. The number of methoxy groups -OCH3 is 1. The molecule has 2 heterocycles. The summed E-state index contributed by atoms with van der Waals surface area (Å²) in [5.74, 6) is 1.24. The lowest BCUT2D eigenvalue weighted by atomic mass is 10.00. The van der Waals surface area contributed by atoms with Crippen molar-refractivity contribution < 1.29 is 14.1 Å². The molecule has 0 spiro atoms. The molecule has 0 bridgehead atoms. The van der Waals surface area contributed by atoms with Gasteiger partial charge in [0.15, 0.2) is 5.82 Å². The maximum Gasteiger partial charge on any atom is 0.254 e. The minimum absolute atomic E-state index is 0.0298. The fraction of sp³-hybridized carbons (Fsp3) is 0.400. The number of rotatable bonds is 3. The average Bonchev–Trinajstić information content (AvgIpc) is 3.08. The molecule has 1 amide bonds. The molecule has 1 aliphatic heterocycles. The van der Waals surface area contributed by atoms with Crippen molar-refractivity contribution in [2.45, 2.75) is 25.3 Å². The number of benzene rings is 1. The monoisotopic (exact) mass is 365 g/mol. The first-order valence-electron chi connectivity index (χ1n) is 7.11. The maximum absolute atomic E-state index is 12.8. The Labute approximate surface area is 136 Å². The number of likely N-dealkylation sites (tertiary alicyclic amines) is 1. The molecule has 1 aliphatic rings. The van der Waals surface area contributed by atoms with E-state index in [-0.39, 0.29) is 11.9 Å². The van der Waals surface area contributed by atoms with Crippen molar-refractivity contribution >= 4 is 21.8 Å². The van der Waals surface area contributed by atoms with Crippen molar-refractivity contribution in [3.05, 3.63) is 40.5 Å². The molecule has 0 radical (unpaired) electrons. The summed E-state index contributed by atoms with van der Waals surface area (Å²) in [4.78, 5) is 18.8. The first kappa shape index (κ1) is 15.0. The number of hydrogen-bond acceptors (Lipinski definition) is 5. The van der Waals surface area contributed by atoms with Crippen molar-refractivity contribution in [3.63, 3.8) is 0 Å². The average molecular weight is 366 g/mol. The van der Waals surface area contributed by atoms with Gasteiger partial charge in [-0.15, -0.1) is 0 Å². The van der Waals surface area contributed by atoms with Gasteiger partial charge in [-0.05, 0) is 53.4 Å². The van der Waals surface area contributed by atoms with Gasteiger partial charge in [0.1, 0.15) is 5.75 Å². The van der Waals surface area contributed by atoms with Gasteiger partial charge in [0.05, 0.1) is 17.6 Å². The van der Waals surface area contributed by atoms with Crippen LogP contribution in [0.25, 0.3) is 0 Å². The van der Waals surface area contributed by atoms with Gasteiger partial charge in [-0.3, -0.25) is 4.79 Å². The van der Waals surface area contributed by atoms with Crippen molar-refractivity contribution in [1.82, 2.24) is 15.0 Å². The van der Waals surface area contributed by atoms with Gasteiger partial charge in [0.2, 0.25) is 6.39 Å². The summed E-state index contributed by atoms with van der Waals surface area (Å²) in [6, 6.07) is 5.21. The molecule has 7 heteroatoms. The Morgan fingerprint density at radius 2 is 2.32 bits per heavy atom. The van der Waals surface area contributed by atoms with Gasteiger partial charge in [-0.1, -0.05) is 5.16 Å². The second kappa shape index (κ2) is 6.48. The van der Waals surface area contributed by atoms with Crippen molar-refractivity contribution in [2.24, 2.45) is 0 Å². The topological polar surface area (TPSA) is 68.5 Å². The van der Waals surface area contributed by atoms with Crippen LogP contribution in [0.3, 0.4) is 0 Å². The maximum atomic E-state index is 12.8. The number of hydrogen-bond donors (Lipinski definition) is 0. The Bertz CT molecular complexity index is 660. The van der Waals surface area contributed by atoms with Crippen molar-refractivity contribution in [1.29, 1.82) is 0 Å². The van der Waals surface area contributed by atoms with E-state index >= 15 is 0 Å². The zero-order valence-corrected chi connectivity index (χ0v) is 13.7. The molecule has 1 fully saturated rings. The van der Waals surface area contributed by atoms with Crippen LogP contribution in [0.4, 0.5) is 0 Å². The van der Waals surface area contributed by atoms with Crippen molar-refractivity contribution in [3.8, 4) is 5.75 Å². The Kier molecular flexibility index (Phi) is 4.42. The Morgan fingerprint density at radius 1 is 1.45 bits per heavy atom. The summed E-state index contributed by atoms with van der Waals surface area (Å²) in [5, 5.41) is 3.90. The van der Waals surface area contributed by atoms with Crippen molar-refractivity contribution in [2.75, 3.05) is 13.7 Å². The van der Waals surface area contributed by atoms with E-state index in [0.29, 0.717) is 23.7 Å². The van der Waals surface area contributed by atoms with E-state index < -0.39 is 0 Å². The standard InChI is InChI=1S/C15H16BrN3O3/c1-21-13-6-5-10(8-11(13)16)15(20)19-7-3-2-4-12(19)14-17-9-22-18-14/h5-6,8-9,12H,2-4,7H2,1H3. The molecule has 1 aromatic carbocycles. The third-order valence-electron chi connectivity index (χ3n) is 3.84. The number of carbonyl (C=O) groups excluding carboxylic acids is 1. The van der Waals surface area contributed by atoms with Gasteiger partial charge < -0.3 is 14.2 Å². The highest BCUT2D eigenvalue weighted by Gasteiger charge is 2.31. The van der Waals surface area contributed by atoms with E-state index in [0.717, 1.165) is 23.7 Å². The molecule has 116 valence electrons. The number of piperidine rings is 1. The van der Waals surface area contributed by atoms with Crippen LogP contribution in [0.5, 0.6) is 5.75 Å². The van der Waals surface area contributed by atoms with Crippen LogP contribution >= 0.6 is 15.9 Å². The number of amides is 1. The lowest BCUT2D eigenvalue weighted by molar-refractivity contribution is 0.0596. The van der Waals surface area contributed by atoms with Crippen LogP contribution in [-0.4, -0.2) is 34.6 Å². The highest BCUT2D eigenvalue weighted by atomic mass is 79.9. The molecule has 6 nitrogen and oxygen atoms in total. The quantitative estimate of drug-likeness (QED) is 0.835. The van der Waals surface area contributed by atoms with Crippen LogP contribution in [0.1, 0.15) is 41.5 Å². The summed E-state index contributed by atoms with van der Waals surface area (Å²) in [6.07, 6.45) is 4.19. The molecule has 1 saturated heterocycles. The number of nitrogens with zero attached hydrogens (tertiary/aromatic N) is 3. The van der Waals surface area contributed by atoms with Crippen LogP contribution in [-0.2, 0) is 0 Å². The van der Waals surface area contributed by atoms with E-state index in [2.05, 4.69) is 26.1 Å². The Morgan fingerprint density at radius 3 is 3.00 bits per heavy atom. The normalized spacial score (nSPS) is 18.3. The highest BCUT2D eigenvalue weighted by Crippen LogP contribution is 2.32. The molecule has 0 aliphatic carbocycles. The second-order valence-corrected chi connectivity index (χ2v) is 6.00. The summed E-state index contributed by atoms with van der Waals surface area (Å²) in [5.41, 5.74) is 0.614. The number of halogens is 1. The van der Waals surface area contributed by atoms with E-state index in [4.69, 9.17) is 9.26 Å². The molecule has 3 rings (SSSR count). The number of aromatic nitrogens is 2. The lowest BCUT2D eigenvalue weighted by Gasteiger charge is -2.33. The largest absolute Gasteiger partial charge is 0.496 e. The van der Waals surface area contributed by atoms with Gasteiger partial charge >= 0.3 is 0 Å². The zero-order valence-electron chi connectivity index (χ0n) is 12.2. The van der Waals surface area contributed by atoms with Crippen LogP contribution in [0.2, 0.25) is 0 Å². The molecule has 1 aromatic heterocycles. The fourth-order valence-electron chi connectivity index (χ4n) is 2.73. The fourth-order valence-corrected chi connectivity index (χ4v) is 3.27. The lowest BCUT2D eigenvalue weighted by Crippen LogP contribution is -2.39. The van der Waals surface area contributed by atoms with Gasteiger partial charge in [0, 0.05) is 12.1 Å². The summed E-state index contributed by atoms with van der Waals surface area (Å²) in [6.45, 7) is 0.696. The molecular formula is C15H16BrN3O3. The van der Waals surface area contributed by atoms with E-state index in [1.54, 1.807) is 25.3 Å². The minimum atomic E-state index is -0.124. The van der Waals surface area contributed by atoms with Crippen LogP contribution in [0, 0.1) is 0 Å². The molecule has 22 heavy (non-hydrogen) atoms.